The standard InChI is InChI=1S/C38H30Cl2N4O7/c1-51-20-9-6-18(7-10-20)38-27(34(47)44(36(38)49)42-29-14-8-19(39)16-28(29)40)17-26-24(11-12-25-31(26)35(48)43(33(25)46)37(41)50)32(38)23-13-15-30(45)22-5-3-2-4-21(22)23/h2-11,13-16,25-27,31-32,42,45H,12,17H2,1H3,(H2,41,50). The molecule has 2 aliphatic carbocycles. The first kappa shape index (κ1) is 32.8. The van der Waals surface area contributed by atoms with E-state index in [0.717, 1.165) is 5.01 Å². The van der Waals surface area contributed by atoms with Crippen molar-refractivity contribution in [1.82, 2.24) is 9.91 Å². The van der Waals surface area contributed by atoms with E-state index in [-0.39, 0.29) is 29.3 Å². The Morgan fingerprint density at radius 2 is 1.65 bits per heavy atom. The Morgan fingerprint density at radius 1 is 0.922 bits per heavy atom. The van der Waals surface area contributed by atoms with Gasteiger partial charge in [-0.1, -0.05) is 77.3 Å². The first-order valence-electron chi connectivity index (χ1n) is 16.3. The van der Waals surface area contributed by atoms with Gasteiger partial charge in [-0.3, -0.25) is 24.6 Å². The van der Waals surface area contributed by atoms with E-state index in [1.54, 1.807) is 60.7 Å². The lowest BCUT2D eigenvalue weighted by molar-refractivity contribution is -0.139. The molecule has 2 heterocycles. The van der Waals surface area contributed by atoms with Gasteiger partial charge in [0.25, 0.3) is 11.8 Å². The first-order chi connectivity index (χ1) is 24.5. The third kappa shape index (κ3) is 4.61. The van der Waals surface area contributed by atoms with Crippen LogP contribution in [-0.4, -0.2) is 51.8 Å². The molecule has 3 fully saturated rings. The number of allylic oxidation sites excluding steroid dienone is 2. The SMILES string of the molecule is COc1ccc(C23C(=O)N(Nc4ccc(Cl)cc4Cl)C(=O)C2CC2C(=CCC4C(=O)N(C(N)=O)C(=O)C42)C3c2ccc(O)c3ccccc23)cc1. The van der Waals surface area contributed by atoms with Crippen molar-refractivity contribution in [3.8, 4) is 11.5 Å². The number of rotatable bonds is 5. The average Bonchev–Trinajstić information content (AvgIpc) is 3.50. The molecular weight excluding hydrogens is 695 g/mol. The van der Waals surface area contributed by atoms with Crippen molar-refractivity contribution >= 4 is 69.3 Å². The van der Waals surface area contributed by atoms with Crippen molar-refractivity contribution in [2.45, 2.75) is 24.2 Å². The third-order valence-corrected chi connectivity index (χ3v) is 11.6. The van der Waals surface area contributed by atoms with E-state index >= 15 is 4.79 Å². The summed E-state index contributed by atoms with van der Waals surface area (Å²) >= 11 is 12.7. The number of nitrogens with two attached hydrogens (primary N) is 1. The van der Waals surface area contributed by atoms with Crippen molar-refractivity contribution in [1.29, 1.82) is 0 Å². The molecule has 11 nitrogen and oxygen atoms in total. The minimum Gasteiger partial charge on any atom is -0.507 e. The second-order valence-electron chi connectivity index (χ2n) is 13.3. The van der Waals surface area contributed by atoms with Crippen LogP contribution in [0.2, 0.25) is 10.0 Å². The Bertz CT molecular complexity index is 2240. The van der Waals surface area contributed by atoms with Gasteiger partial charge in [0.2, 0.25) is 11.8 Å². The Balaban J connectivity index is 1.41. The average molecular weight is 726 g/mol. The number of halogens is 2. The number of hydrogen-bond acceptors (Lipinski definition) is 8. The zero-order chi connectivity index (χ0) is 35.9. The molecule has 0 radical (unpaired) electrons. The zero-order valence-electron chi connectivity index (χ0n) is 27.0. The Morgan fingerprint density at radius 3 is 2.33 bits per heavy atom. The maximum Gasteiger partial charge on any atom is 0.328 e. The summed E-state index contributed by atoms with van der Waals surface area (Å²) in [6, 6.07) is 20.9. The van der Waals surface area contributed by atoms with Gasteiger partial charge >= 0.3 is 6.03 Å². The van der Waals surface area contributed by atoms with Crippen LogP contribution in [0.4, 0.5) is 10.5 Å². The van der Waals surface area contributed by atoms with Gasteiger partial charge in [-0.2, -0.15) is 9.91 Å². The molecule has 1 saturated carbocycles. The number of primary amides is 1. The molecular formula is C38H30Cl2N4O7. The number of imide groups is 4. The van der Waals surface area contributed by atoms with Crippen LogP contribution in [0.1, 0.15) is 29.9 Å². The number of carbonyl (C=O) groups is 5. The lowest BCUT2D eigenvalue weighted by Gasteiger charge is -2.51. The molecule has 13 heteroatoms. The van der Waals surface area contributed by atoms with Gasteiger partial charge in [0, 0.05) is 16.3 Å². The van der Waals surface area contributed by atoms with Crippen molar-refractivity contribution in [3.05, 3.63) is 112 Å². The largest absolute Gasteiger partial charge is 0.507 e. The maximum absolute atomic E-state index is 15.4. The number of ether oxygens (including phenoxy) is 1. The molecule has 0 aromatic heterocycles. The van der Waals surface area contributed by atoms with E-state index in [2.05, 4.69) is 5.43 Å². The normalized spacial score (nSPS) is 26.9. The highest BCUT2D eigenvalue weighted by atomic mass is 35.5. The molecule has 2 aliphatic heterocycles. The molecule has 4 N–H and O–H groups in total. The number of methoxy groups -OCH3 is 1. The molecule has 6 unspecified atom stereocenters. The molecule has 0 spiro atoms. The minimum absolute atomic E-state index is 0.00820. The molecule has 6 atom stereocenters. The molecule has 6 amide bonds. The van der Waals surface area contributed by atoms with Crippen LogP contribution in [0.3, 0.4) is 0 Å². The van der Waals surface area contributed by atoms with Crippen LogP contribution in [0.5, 0.6) is 11.5 Å². The number of phenolic OH excluding ortho intramolecular Hbond substituents is 1. The van der Waals surface area contributed by atoms with E-state index in [0.29, 0.717) is 43.1 Å². The number of aromatic hydroxyl groups is 1. The van der Waals surface area contributed by atoms with Gasteiger partial charge in [0.15, 0.2) is 0 Å². The summed E-state index contributed by atoms with van der Waals surface area (Å²) in [5.41, 5.74) is 8.98. The summed E-state index contributed by atoms with van der Waals surface area (Å²) < 4.78 is 5.45. The quantitative estimate of drug-likeness (QED) is 0.169. The summed E-state index contributed by atoms with van der Waals surface area (Å²) in [6.07, 6.45) is 2.00. The minimum atomic E-state index is -1.60. The number of anilines is 1. The van der Waals surface area contributed by atoms with Crippen LogP contribution in [0.15, 0.2) is 90.5 Å². The van der Waals surface area contributed by atoms with E-state index in [9.17, 15) is 24.3 Å². The fraction of sp³-hybridized carbons (Fsp3) is 0.237. The molecule has 4 aliphatic rings. The van der Waals surface area contributed by atoms with Crippen LogP contribution in [0.25, 0.3) is 10.8 Å². The summed E-state index contributed by atoms with van der Waals surface area (Å²) in [4.78, 5) is 70.5. The van der Waals surface area contributed by atoms with Gasteiger partial charge in [0.05, 0.1) is 41.0 Å². The molecule has 4 aromatic carbocycles. The lowest BCUT2D eigenvalue weighted by atomic mass is 9.49. The Kier molecular flexibility index (Phi) is 7.62. The summed E-state index contributed by atoms with van der Waals surface area (Å²) in [7, 11) is 1.52. The number of hydrazine groups is 1. The van der Waals surface area contributed by atoms with E-state index in [1.165, 1.54) is 13.2 Å². The van der Waals surface area contributed by atoms with Gasteiger partial charge in [-0.15, -0.1) is 0 Å². The van der Waals surface area contributed by atoms with E-state index in [1.807, 2.05) is 18.2 Å². The smallest absolute Gasteiger partial charge is 0.328 e. The zero-order valence-corrected chi connectivity index (χ0v) is 28.5. The van der Waals surface area contributed by atoms with Crippen LogP contribution in [-0.2, 0) is 24.6 Å². The highest BCUT2D eigenvalue weighted by Gasteiger charge is 2.70. The summed E-state index contributed by atoms with van der Waals surface area (Å²) in [5, 5.41) is 13.6. The van der Waals surface area contributed by atoms with Gasteiger partial charge in [0.1, 0.15) is 11.5 Å². The Hall–Kier alpha value is -5.39. The van der Waals surface area contributed by atoms with Crippen LogP contribution in [0, 0.1) is 23.7 Å². The van der Waals surface area contributed by atoms with Crippen molar-refractivity contribution in [2.75, 3.05) is 12.5 Å². The predicted octanol–water partition coefficient (Wildman–Crippen LogP) is 5.92. The molecule has 8 rings (SSSR count). The number of fused-ring (bicyclic) bond motifs is 5. The van der Waals surface area contributed by atoms with E-state index in [4.69, 9.17) is 33.7 Å². The molecule has 0 bridgehead atoms. The Labute approximate surface area is 301 Å². The number of benzene rings is 4. The maximum atomic E-state index is 15.4. The van der Waals surface area contributed by atoms with Gasteiger partial charge < -0.3 is 15.6 Å². The molecule has 258 valence electrons. The summed E-state index contributed by atoms with van der Waals surface area (Å²) in [6.45, 7) is 0. The van der Waals surface area contributed by atoms with Crippen LogP contribution >= 0.6 is 23.2 Å². The van der Waals surface area contributed by atoms with Gasteiger partial charge in [-0.25, -0.2) is 4.79 Å². The van der Waals surface area contributed by atoms with Gasteiger partial charge in [-0.05, 0) is 71.7 Å². The number of nitrogens with one attached hydrogen (secondary N) is 1. The third-order valence-electron chi connectivity index (χ3n) is 11.0. The van der Waals surface area contributed by atoms with Crippen molar-refractivity contribution < 1.29 is 33.8 Å². The molecule has 2 saturated heterocycles. The number of carbonyl (C=O) groups excluding carboxylic acids is 5. The summed E-state index contributed by atoms with van der Waals surface area (Å²) in [5.74, 6) is -6.49. The molecule has 51 heavy (non-hydrogen) atoms. The highest BCUT2D eigenvalue weighted by molar-refractivity contribution is 6.36. The van der Waals surface area contributed by atoms with Crippen LogP contribution < -0.4 is 15.9 Å². The molecule has 4 aromatic rings. The predicted molar refractivity (Wildman–Crippen MR) is 188 cm³/mol. The number of likely N-dealkylation sites (tertiary alicyclic amines) is 1. The topological polar surface area (TPSA) is 159 Å². The number of nitrogens with zero attached hydrogens (tertiary/aromatic N) is 2. The number of hydrogen-bond donors (Lipinski definition) is 3. The highest BCUT2D eigenvalue weighted by Crippen LogP contribution is 2.65. The first-order valence-corrected chi connectivity index (χ1v) is 17.1. The fourth-order valence-corrected chi connectivity index (χ4v) is 9.41. The second-order valence-corrected chi connectivity index (χ2v) is 14.1. The fourth-order valence-electron chi connectivity index (χ4n) is 8.96. The second kappa shape index (κ2) is 11.9. The monoisotopic (exact) mass is 724 g/mol. The lowest BCUT2D eigenvalue weighted by Crippen LogP contribution is -2.53. The number of amides is 6. The van der Waals surface area contributed by atoms with E-state index < -0.39 is 64.7 Å². The number of urea groups is 1. The number of phenols is 1. The van der Waals surface area contributed by atoms with Crippen molar-refractivity contribution in [3.63, 3.8) is 0 Å². The van der Waals surface area contributed by atoms with Crippen molar-refractivity contribution in [2.24, 2.45) is 29.4 Å².